The summed E-state index contributed by atoms with van der Waals surface area (Å²) in [5, 5.41) is 5.69. The van der Waals surface area contributed by atoms with E-state index in [-0.39, 0.29) is 0 Å². The first-order chi connectivity index (χ1) is 11.7. The molecule has 0 aliphatic heterocycles. The Morgan fingerprint density at radius 2 is 1.79 bits per heavy atom. The lowest BCUT2D eigenvalue weighted by Gasteiger charge is -2.09. The number of imidazole rings is 1. The summed E-state index contributed by atoms with van der Waals surface area (Å²) in [5.41, 5.74) is 5.75. The van der Waals surface area contributed by atoms with Gasteiger partial charge >= 0.3 is 0 Å². The molecule has 4 rings (SSSR count). The van der Waals surface area contributed by atoms with Crippen LogP contribution in [-0.4, -0.2) is 9.38 Å². The molecule has 0 unspecified atom stereocenters. The van der Waals surface area contributed by atoms with Gasteiger partial charge < -0.3 is 5.32 Å². The van der Waals surface area contributed by atoms with Crippen LogP contribution in [0.15, 0.2) is 60.1 Å². The number of benzene rings is 1. The van der Waals surface area contributed by atoms with Gasteiger partial charge in [-0.2, -0.15) is 0 Å². The lowest BCUT2D eigenvalue weighted by Crippen LogP contribution is -2.03. The van der Waals surface area contributed by atoms with Crippen LogP contribution in [0.25, 0.3) is 16.2 Å². The number of anilines is 1. The second-order valence-electron chi connectivity index (χ2n) is 6.06. The van der Waals surface area contributed by atoms with Crippen LogP contribution in [0, 0.1) is 13.8 Å². The van der Waals surface area contributed by atoms with E-state index in [1.54, 1.807) is 11.3 Å². The van der Waals surface area contributed by atoms with Crippen LogP contribution in [-0.2, 0) is 6.54 Å². The van der Waals surface area contributed by atoms with Crippen molar-refractivity contribution < 1.29 is 0 Å². The molecule has 0 saturated heterocycles. The lowest BCUT2D eigenvalue weighted by atomic mass is 10.1. The second-order valence-corrected chi connectivity index (χ2v) is 7.01. The minimum absolute atomic E-state index is 0.778. The first-order valence-corrected chi connectivity index (χ1v) is 8.91. The molecule has 0 saturated carbocycles. The standard InChI is InChI=1S/C20H19N3S/c1-14-5-8-16(9-6-14)12-21-20-19(17-4-3-11-24-17)22-18-10-7-15(2)13-23(18)20/h3-11,13,21H,12H2,1-2H3. The highest BCUT2D eigenvalue weighted by atomic mass is 32.1. The SMILES string of the molecule is Cc1ccc(CNc2c(-c3cccs3)nc3ccc(C)cn23)cc1. The third kappa shape index (κ3) is 2.81. The van der Waals surface area contributed by atoms with E-state index in [4.69, 9.17) is 4.98 Å². The van der Waals surface area contributed by atoms with Crippen molar-refractivity contribution in [1.82, 2.24) is 9.38 Å². The summed E-state index contributed by atoms with van der Waals surface area (Å²) < 4.78 is 2.15. The Balaban J connectivity index is 1.75. The molecule has 0 amide bonds. The number of rotatable bonds is 4. The highest BCUT2D eigenvalue weighted by Gasteiger charge is 2.14. The molecule has 0 bridgehead atoms. The van der Waals surface area contributed by atoms with Gasteiger partial charge in [0.05, 0.1) is 4.88 Å². The van der Waals surface area contributed by atoms with Crippen molar-refractivity contribution in [2.24, 2.45) is 0 Å². The van der Waals surface area contributed by atoms with Gasteiger partial charge in [-0.3, -0.25) is 4.40 Å². The zero-order valence-corrected chi connectivity index (χ0v) is 14.6. The fourth-order valence-electron chi connectivity index (χ4n) is 2.80. The average molecular weight is 333 g/mol. The van der Waals surface area contributed by atoms with Crippen LogP contribution in [0.4, 0.5) is 5.82 Å². The predicted octanol–water partition coefficient (Wildman–Crippen LogP) is 5.29. The van der Waals surface area contributed by atoms with Gasteiger partial charge in [-0.15, -0.1) is 11.3 Å². The summed E-state index contributed by atoms with van der Waals surface area (Å²) in [7, 11) is 0. The number of aryl methyl sites for hydroxylation is 2. The van der Waals surface area contributed by atoms with Crippen LogP contribution >= 0.6 is 11.3 Å². The van der Waals surface area contributed by atoms with Crippen LogP contribution in [0.5, 0.6) is 0 Å². The Bertz CT molecular complexity index is 966. The molecular formula is C20H19N3S. The van der Waals surface area contributed by atoms with Crippen LogP contribution in [0.2, 0.25) is 0 Å². The summed E-state index contributed by atoms with van der Waals surface area (Å²) in [4.78, 5) is 6.02. The number of thiophene rings is 1. The molecular weight excluding hydrogens is 314 g/mol. The zero-order valence-electron chi connectivity index (χ0n) is 13.8. The average Bonchev–Trinajstić information content (AvgIpc) is 3.21. The quantitative estimate of drug-likeness (QED) is 0.550. The third-order valence-corrected chi connectivity index (χ3v) is 4.98. The minimum atomic E-state index is 0.778. The Morgan fingerprint density at radius 3 is 2.54 bits per heavy atom. The molecule has 0 aliphatic carbocycles. The van der Waals surface area contributed by atoms with Gasteiger partial charge in [0.2, 0.25) is 0 Å². The molecule has 3 heterocycles. The fraction of sp³-hybridized carbons (Fsp3) is 0.150. The first-order valence-electron chi connectivity index (χ1n) is 8.03. The maximum Gasteiger partial charge on any atom is 0.139 e. The van der Waals surface area contributed by atoms with E-state index in [0.717, 1.165) is 23.7 Å². The van der Waals surface area contributed by atoms with Gasteiger partial charge in [0.15, 0.2) is 0 Å². The van der Waals surface area contributed by atoms with E-state index in [0.29, 0.717) is 0 Å². The fourth-order valence-corrected chi connectivity index (χ4v) is 3.51. The minimum Gasteiger partial charge on any atom is -0.365 e. The monoisotopic (exact) mass is 333 g/mol. The third-order valence-electron chi connectivity index (χ3n) is 4.10. The van der Waals surface area contributed by atoms with Gasteiger partial charge in [0.25, 0.3) is 0 Å². The van der Waals surface area contributed by atoms with Crippen molar-refractivity contribution in [3.63, 3.8) is 0 Å². The van der Waals surface area contributed by atoms with E-state index in [1.165, 1.54) is 21.6 Å². The Labute approximate surface area is 145 Å². The lowest BCUT2D eigenvalue weighted by molar-refractivity contribution is 1.07. The van der Waals surface area contributed by atoms with Gasteiger partial charge in [0, 0.05) is 12.7 Å². The summed E-state index contributed by atoms with van der Waals surface area (Å²) in [6.07, 6.45) is 2.14. The van der Waals surface area contributed by atoms with Gasteiger partial charge in [-0.1, -0.05) is 42.0 Å². The molecule has 3 nitrogen and oxygen atoms in total. The molecule has 0 aliphatic rings. The molecule has 3 aromatic heterocycles. The summed E-state index contributed by atoms with van der Waals surface area (Å²) in [6.45, 7) is 4.99. The van der Waals surface area contributed by atoms with Gasteiger partial charge in [-0.25, -0.2) is 4.98 Å². The predicted molar refractivity (Wildman–Crippen MR) is 102 cm³/mol. The molecule has 4 aromatic rings. The number of nitrogens with zero attached hydrogens (tertiary/aromatic N) is 2. The number of hydrogen-bond acceptors (Lipinski definition) is 3. The largest absolute Gasteiger partial charge is 0.365 e. The van der Waals surface area contributed by atoms with Crippen LogP contribution in [0.1, 0.15) is 16.7 Å². The molecule has 24 heavy (non-hydrogen) atoms. The number of nitrogens with one attached hydrogen (secondary N) is 1. The molecule has 0 atom stereocenters. The number of aromatic nitrogens is 2. The van der Waals surface area contributed by atoms with Gasteiger partial charge in [-0.05, 0) is 42.5 Å². The molecule has 1 N–H and O–H groups in total. The van der Waals surface area contributed by atoms with Crippen molar-refractivity contribution in [2.45, 2.75) is 20.4 Å². The van der Waals surface area contributed by atoms with E-state index in [9.17, 15) is 0 Å². The maximum absolute atomic E-state index is 4.83. The van der Waals surface area contributed by atoms with Crippen molar-refractivity contribution in [2.75, 3.05) is 5.32 Å². The molecule has 1 aromatic carbocycles. The molecule has 0 spiro atoms. The Hall–Kier alpha value is -2.59. The molecule has 120 valence electrons. The summed E-state index contributed by atoms with van der Waals surface area (Å²) in [5.74, 6) is 1.05. The Morgan fingerprint density at radius 1 is 1.00 bits per heavy atom. The van der Waals surface area contributed by atoms with Gasteiger partial charge in [0.1, 0.15) is 17.2 Å². The van der Waals surface area contributed by atoms with Crippen molar-refractivity contribution in [3.05, 3.63) is 76.8 Å². The number of pyridine rings is 1. The van der Waals surface area contributed by atoms with E-state index in [2.05, 4.69) is 83.7 Å². The molecule has 0 radical (unpaired) electrons. The molecule has 0 fully saturated rings. The highest BCUT2D eigenvalue weighted by molar-refractivity contribution is 7.13. The van der Waals surface area contributed by atoms with E-state index >= 15 is 0 Å². The topological polar surface area (TPSA) is 29.3 Å². The van der Waals surface area contributed by atoms with Crippen molar-refractivity contribution >= 4 is 22.8 Å². The normalized spacial score (nSPS) is 11.1. The smallest absolute Gasteiger partial charge is 0.139 e. The summed E-state index contributed by atoms with van der Waals surface area (Å²) in [6, 6.07) is 17.0. The second kappa shape index (κ2) is 6.13. The highest BCUT2D eigenvalue weighted by Crippen LogP contribution is 2.32. The van der Waals surface area contributed by atoms with E-state index in [1.807, 2.05) is 0 Å². The summed E-state index contributed by atoms with van der Waals surface area (Å²) >= 11 is 1.72. The first kappa shape index (κ1) is 15.0. The zero-order chi connectivity index (χ0) is 16.5. The van der Waals surface area contributed by atoms with Crippen LogP contribution in [0.3, 0.4) is 0 Å². The van der Waals surface area contributed by atoms with Crippen molar-refractivity contribution in [3.8, 4) is 10.6 Å². The van der Waals surface area contributed by atoms with Crippen LogP contribution < -0.4 is 5.32 Å². The number of hydrogen-bond donors (Lipinski definition) is 1. The maximum atomic E-state index is 4.83. The van der Waals surface area contributed by atoms with E-state index < -0.39 is 0 Å². The number of fused-ring (bicyclic) bond motifs is 1. The van der Waals surface area contributed by atoms with Crippen molar-refractivity contribution in [1.29, 1.82) is 0 Å². The molecule has 4 heteroatoms. The Kier molecular flexibility index (Phi) is 3.82.